The number of nitrogens with two attached hydrogens (primary N) is 1. The molecule has 2 N–H and O–H groups in total. The molecule has 1 heterocycles. The van der Waals surface area contributed by atoms with Crippen LogP contribution in [0.15, 0.2) is 40.9 Å². The number of amides is 1. The molecule has 3 rings (SSSR count). The van der Waals surface area contributed by atoms with Crippen LogP contribution in [0.2, 0.25) is 0 Å². The molecule has 9 heteroatoms. The molecule has 2 aromatic carbocycles. The summed E-state index contributed by atoms with van der Waals surface area (Å²) in [6.07, 6.45) is 0. The second-order valence-electron chi connectivity index (χ2n) is 5.60. The molecule has 1 amide bonds. The summed E-state index contributed by atoms with van der Waals surface area (Å²) in [4.78, 5) is 15.9. The van der Waals surface area contributed by atoms with Crippen molar-refractivity contribution < 1.29 is 28.3 Å². The van der Waals surface area contributed by atoms with Gasteiger partial charge in [0.05, 0.1) is 26.9 Å². The van der Waals surface area contributed by atoms with Crippen molar-refractivity contribution >= 4 is 5.91 Å². The van der Waals surface area contributed by atoms with Gasteiger partial charge in [0.2, 0.25) is 5.82 Å². The van der Waals surface area contributed by atoms with Gasteiger partial charge in [0.1, 0.15) is 11.5 Å². The highest BCUT2D eigenvalue weighted by Crippen LogP contribution is 2.31. The Balaban J connectivity index is 1.76. The highest BCUT2D eigenvalue weighted by Gasteiger charge is 2.15. The quantitative estimate of drug-likeness (QED) is 0.628. The number of carbonyl (C=O) groups excluding carboxylic acids is 1. The number of rotatable bonds is 8. The third kappa shape index (κ3) is 3.98. The van der Waals surface area contributed by atoms with Crippen molar-refractivity contribution in [3.8, 4) is 34.4 Å². The van der Waals surface area contributed by atoms with Gasteiger partial charge in [0.25, 0.3) is 11.8 Å². The first-order valence-corrected chi connectivity index (χ1v) is 8.21. The molecule has 9 nitrogen and oxygen atoms in total. The summed E-state index contributed by atoms with van der Waals surface area (Å²) in [6, 6.07) is 10.0. The molecular formula is C19H19N3O6. The number of benzene rings is 2. The van der Waals surface area contributed by atoms with E-state index in [0.29, 0.717) is 34.4 Å². The van der Waals surface area contributed by atoms with E-state index < -0.39 is 5.91 Å². The minimum absolute atomic E-state index is 0.0348. The third-order valence-electron chi connectivity index (χ3n) is 3.91. The molecular weight excluding hydrogens is 366 g/mol. The number of methoxy groups -OCH3 is 3. The molecule has 1 aromatic heterocycles. The molecule has 3 aromatic rings. The van der Waals surface area contributed by atoms with Crippen molar-refractivity contribution in [2.45, 2.75) is 6.61 Å². The standard InChI is InChI=1S/C19H19N3O6/c1-24-12-5-7-14(13(9-12)18(20)23)27-10-17-21-19(22-28-17)11-4-6-15(25-2)16(8-11)26-3/h4-9H,10H2,1-3H3,(H2,20,23). The maximum atomic E-state index is 11.6. The Kier molecular flexibility index (Phi) is 5.64. The highest BCUT2D eigenvalue weighted by atomic mass is 16.5. The summed E-state index contributed by atoms with van der Waals surface area (Å²) in [5.74, 6) is 1.89. The van der Waals surface area contributed by atoms with Gasteiger partial charge in [-0.2, -0.15) is 4.98 Å². The number of hydrogen-bond donors (Lipinski definition) is 1. The van der Waals surface area contributed by atoms with Gasteiger partial charge >= 0.3 is 0 Å². The Labute approximate surface area is 161 Å². The monoisotopic (exact) mass is 385 g/mol. The zero-order valence-electron chi connectivity index (χ0n) is 15.6. The van der Waals surface area contributed by atoms with Gasteiger partial charge in [-0.3, -0.25) is 4.79 Å². The lowest BCUT2D eigenvalue weighted by molar-refractivity contribution is 0.0994. The van der Waals surface area contributed by atoms with E-state index in [1.54, 1.807) is 44.6 Å². The lowest BCUT2D eigenvalue weighted by Gasteiger charge is -2.09. The predicted molar refractivity (Wildman–Crippen MR) is 98.7 cm³/mol. The van der Waals surface area contributed by atoms with Crippen LogP contribution in [-0.4, -0.2) is 37.4 Å². The average Bonchev–Trinajstić information content (AvgIpc) is 3.20. The van der Waals surface area contributed by atoms with Crippen LogP contribution in [0.3, 0.4) is 0 Å². The Morgan fingerprint density at radius 2 is 1.75 bits per heavy atom. The van der Waals surface area contributed by atoms with Gasteiger partial charge in [0.15, 0.2) is 18.1 Å². The minimum Gasteiger partial charge on any atom is -0.497 e. The molecule has 28 heavy (non-hydrogen) atoms. The number of aromatic nitrogens is 2. The van der Waals surface area contributed by atoms with Gasteiger partial charge in [-0.1, -0.05) is 5.16 Å². The average molecular weight is 385 g/mol. The van der Waals surface area contributed by atoms with Crippen molar-refractivity contribution in [3.05, 3.63) is 47.9 Å². The maximum absolute atomic E-state index is 11.6. The summed E-state index contributed by atoms with van der Waals surface area (Å²) in [5, 5.41) is 3.94. The lowest BCUT2D eigenvalue weighted by Crippen LogP contribution is -2.13. The molecule has 0 fully saturated rings. The first kappa shape index (κ1) is 19.0. The molecule has 0 radical (unpaired) electrons. The van der Waals surface area contributed by atoms with Crippen LogP contribution in [0.25, 0.3) is 11.4 Å². The SMILES string of the molecule is COc1ccc(OCc2nc(-c3ccc(OC)c(OC)c3)no2)c(C(N)=O)c1. The molecule has 0 atom stereocenters. The van der Waals surface area contributed by atoms with Crippen molar-refractivity contribution in [1.82, 2.24) is 10.1 Å². The second-order valence-corrected chi connectivity index (χ2v) is 5.60. The molecule has 0 aliphatic rings. The molecule has 0 saturated carbocycles. The van der Waals surface area contributed by atoms with Crippen molar-refractivity contribution in [2.24, 2.45) is 5.73 Å². The zero-order valence-corrected chi connectivity index (χ0v) is 15.6. The van der Waals surface area contributed by atoms with Gasteiger partial charge < -0.3 is 29.2 Å². The summed E-state index contributed by atoms with van der Waals surface area (Å²) in [6.45, 7) is -0.0348. The van der Waals surface area contributed by atoms with Crippen LogP contribution in [0, 0.1) is 0 Å². The lowest BCUT2D eigenvalue weighted by atomic mass is 10.2. The highest BCUT2D eigenvalue weighted by molar-refractivity contribution is 5.96. The van der Waals surface area contributed by atoms with Gasteiger partial charge in [-0.15, -0.1) is 0 Å². The number of nitrogens with zero attached hydrogens (tertiary/aromatic N) is 2. The van der Waals surface area contributed by atoms with Crippen molar-refractivity contribution in [1.29, 1.82) is 0 Å². The fourth-order valence-electron chi connectivity index (χ4n) is 2.50. The fourth-order valence-corrected chi connectivity index (χ4v) is 2.50. The van der Waals surface area contributed by atoms with Crippen LogP contribution < -0.4 is 24.7 Å². The summed E-state index contributed by atoms with van der Waals surface area (Å²) in [5.41, 5.74) is 6.27. The van der Waals surface area contributed by atoms with Crippen molar-refractivity contribution in [3.63, 3.8) is 0 Å². The van der Waals surface area contributed by atoms with Gasteiger partial charge in [0, 0.05) is 5.56 Å². The molecule has 0 aliphatic carbocycles. The van der Waals surface area contributed by atoms with E-state index >= 15 is 0 Å². The largest absolute Gasteiger partial charge is 0.497 e. The summed E-state index contributed by atoms with van der Waals surface area (Å²) >= 11 is 0. The topological polar surface area (TPSA) is 119 Å². The first-order valence-electron chi connectivity index (χ1n) is 8.21. The van der Waals surface area contributed by atoms with E-state index in [-0.39, 0.29) is 18.1 Å². The zero-order chi connectivity index (χ0) is 20.1. The van der Waals surface area contributed by atoms with Crippen LogP contribution in [-0.2, 0) is 6.61 Å². The maximum Gasteiger partial charge on any atom is 0.264 e. The van der Waals surface area contributed by atoms with Crippen LogP contribution in [0.4, 0.5) is 0 Å². The number of primary amides is 1. The van der Waals surface area contributed by atoms with E-state index in [1.807, 2.05) is 0 Å². The van der Waals surface area contributed by atoms with E-state index in [4.69, 9.17) is 29.2 Å². The molecule has 0 bridgehead atoms. The van der Waals surface area contributed by atoms with E-state index in [9.17, 15) is 4.79 Å². The molecule has 0 unspecified atom stereocenters. The predicted octanol–water partition coefficient (Wildman–Crippen LogP) is 2.44. The molecule has 0 saturated heterocycles. The molecule has 146 valence electrons. The van der Waals surface area contributed by atoms with Crippen LogP contribution >= 0.6 is 0 Å². The smallest absolute Gasteiger partial charge is 0.264 e. The summed E-state index contributed by atoms with van der Waals surface area (Å²) in [7, 11) is 4.60. The van der Waals surface area contributed by atoms with Gasteiger partial charge in [-0.25, -0.2) is 0 Å². The number of carbonyl (C=O) groups is 1. The van der Waals surface area contributed by atoms with E-state index in [1.165, 1.54) is 13.2 Å². The number of ether oxygens (including phenoxy) is 4. The van der Waals surface area contributed by atoms with E-state index in [2.05, 4.69) is 10.1 Å². The summed E-state index contributed by atoms with van der Waals surface area (Å²) < 4.78 is 26.4. The molecule has 0 aliphatic heterocycles. The van der Waals surface area contributed by atoms with Gasteiger partial charge in [-0.05, 0) is 36.4 Å². The Hall–Kier alpha value is -3.75. The third-order valence-corrected chi connectivity index (χ3v) is 3.91. The Morgan fingerprint density at radius 1 is 1.00 bits per heavy atom. The first-order chi connectivity index (χ1) is 13.5. The Morgan fingerprint density at radius 3 is 2.43 bits per heavy atom. The second kappa shape index (κ2) is 8.30. The van der Waals surface area contributed by atoms with Crippen molar-refractivity contribution in [2.75, 3.05) is 21.3 Å². The minimum atomic E-state index is -0.634. The normalized spacial score (nSPS) is 10.4. The van der Waals surface area contributed by atoms with Crippen LogP contribution in [0.5, 0.6) is 23.0 Å². The van der Waals surface area contributed by atoms with E-state index in [0.717, 1.165) is 0 Å². The Bertz CT molecular complexity index is 986. The fraction of sp³-hybridized carbons (Fsp3) is 0.211. The van der Waals surface area contributed by atoms with Crippen LogP contribution in [0.1, 0.15) is 16.2 Å². The number of hydrogen-bond acceptors (Lipinski definition) is 8. The molecule has 0 spiro atoms.